The maximum Gasteiger partial charge on any atom is 0.250 e. The smallest absolute Gasteiger partial charge is 0.208 e. The van der Waals surface area contributed by atoms with E-state index in [1.54, 1.807) is 6.07 Å². The zero-order chi connectivity index (χ0) is 13.1. The van der Waals surface area contributed by atoms with Gasteiger partial charge in [0.05, 0.1) is 0 Å². The standard InChI is InChI=1S/C11H18ClNO2S2/c1-4-10-5-6-11(16-10)17(14,15)13-9(3)7-8(2)12/h5-6,8-9,13H,4,7H2,1-3H3. The molecule has 0 bridgehead atoms. The molecule has 0 aromatic carbocycles. The molecule has 17 heavy (non-hydrogen) atoms. The summed E-state index contributed by atoms with van der Waals surface area (Å²) in [5.74, 6) is 0. The van der Waals surface area contributed by atoms with Gasteiger partial charge in [-0.05, 0) is 38.8 Å². The van der Waals surface area contributed by atoms with Crippen molar-refractivity contribution in [3.8, 4) is 0 Å². The molecule has 1 aromatic rings. The Morgan fingerprint density at radius 1 is 1.41 bits per heavy atom. The third-order valence-corrected chi connectivity index (χ3v) is 5.77. The molecule has 0 saturated heterocycles. The Morgan fingerprint density at radius 3 is 2.53 bits per heavy atom. The highest BCUT2D eigenvalue weighted by atomic mass is 35.5. The molecular weight excluding hydrogens is 278 g/mol. The highest BCUT2D eigenvalue weighted by Gasteiger charge is 2.20. The lowest BCUT2D eigenvalue weighted by Gasteiger charge is -2.14. The minimum Gasteiger partial charge on any atom is -0.208 e. The number of sulfonamides is 1. The van der Waals surface area contributed by atoms with Crippen molar-refractivity contribution in [1.29, 1.82) is 0 Å². The average molecular weight is 296 g/mol. The summed E-state index contributed by atoms with van der Waals surface area (Å²) in [7, 11) is -3.38. The largest absolute Gasteiger partial charge is 0.250 e. The van der Waals surface area contributed by atoms with Crippen LogP contribution in [0.2, 0.25) is 0 Å². The highest BCUT2D eigenvalue weighted by Crippen LogP contribution is 2.22. The molecule has 3 nitrogen and oxygen atoms in total. The lowest BCUT2D eigenvalue weighted by atomic mass is 10.2. The molecule has 0 aliphatic heterocycles. The first-order chi connectivity index (χ1) is 7.85. The van der Waals surface area contributed by atoms with Crippen LogP contribution in [-0.4, -0.2) is 19.8 Å². The normalized spacial score (nSPS) is 15.8. The number of hydrogen-bond donors (Lipinski definition) is 1. The van der Waals surface area contributed by atoms with E-state index in [-0.39, 0.29) is 11.4 Å². The Kier molecular flexibility index (Phi) is 5.44. The van der Waals surface area contributed by atoms with Gasteiger partial charge < -0.3 is 0 Å². The Hall–Kier alpha value is -0.100. The van der Waals surface area contributed by atoms with Crippen LogP contribution in [0.15, 0.2) is 16.3 Å². The maximum absolute atomic E-state index is 12.0. The molecule has 1 heterocycles. The van der Waals surface area contributed by atoms with Crippen LogP contribution in [0.3, 0.4) is 0 Å². The van der Waals surface area contributed by atoms with Crippen molar-refractivity contribution in [2.24, 2.45) is 0 Å². The second-order valence-corrected chi connectivity index (χ2v) is 7.97. The fourth-order valence-corrected chi connectivity index (χ4v) is 4.39. The summed E-state index contributed by atoms with van der Waals surface area (Å²) in [5, 5.41) is -0.0396. The van der Waals surface area contributed by atoms with Gasteiger partial charge in [-0.25, -0.2) is 13.1 Å². The van der Waals surface area contributed by atoms with Crippen molar-refractivity contribution >= 4 is 33.0 Å². The molecule has 0 saturated carbocycles. The quantitative estimate of drug-likeness (QED) is 0.820. The number of halogens is 1. The van der Waals surface area contributed by atoms with Gasteiger partial charge in [0.2, 0.25) is 10.0 Å². The van der Waals surface area contributed by atoms with E-state index < -0.39 is 10.0 Å². The number of hydrogen-bond acceptors (Lipinski definition) is 3. The molecule has 1 N–H and O–H groups in total. The molecule has 1 aromatic heterocycles. The van der Waals surface area contributed by atoms with Crippen LogP contribution in [0.5, 0.6) is 0 Å². The third-order valence-electron chi connectivity index (χ3n) is 2.28. The van der Waals surface area contributed by atoms with Gasteiger partial charge in [-0.1, -0.05) is 6.92 Å². The molecule has 2 unspecified atom stereocenters. The maximum atomic E-state index is 12.0. The summed E-state index contributed by atoms with van der Waals surface area (Å²) < 4.78 is 27.0. The van der Waals surface area contributed by atoms with Crippen LogP contribution in [0, 0.1) is 0 Å². The number of alkyl halides is 1. The molecule has 6 heteroatoms. The molecule has 0 aliphatic rings. The van der Waals surface area contributed by atoms with Crippen molar-refractivity contribution in [3.05, 3.63) is 17.0 Å². The molecule has 1 rings (SSSR count). The van der Waals surface area contributed by atoms with Gasteiger partial charge in [0, 0.05) is 16.3 Å². The molecule has 0 radical (unpaired) electrons. The van der Waals surface area contributed by atoms with Crippen molar-refractivity contribution < 1.29 is 8.42 Å². The predicted octanol–water partition coefficient (Wildman–Crippen LogP) is 2.99. The molecule has 0 spiro atoms. The Bertz CT molecular complexity index is 454. The van der Waals surface area contributed by atoms with Crippen molar-refractivity contribution in [3.63, 3.8) is 0 Å². The topological polar surface area (TPSA) is 46.2 Å². The van der Waals surface area contributed by atoms with Gasteiger partial charge in [0.25, 0.3) is 0 Å². The van der Waals surface area contributed by atoms with Crippen LogP contribution in [0.25, 0.3) is 0 Å². The van der Waals surface area contributed by atoms with Gasteiger partial charge in [-0.15, -0.1) is 22.9 Å². The zero-order valence-corrected chi connectivity index (χ0v) is 12.6. The van der Waals surface area contributed by atoms with Crippen LogP contribution in [-0.2, 0) is 16.4 Å². The molecular formula is C11H18ClNO2S2. The Morgan fingerprint density at radius 2 is 2.06 bits per heavy atom. The first kappa shape index (κ1) is 15.0. The average Bonchev–Trinajstić information content (AvgIpc) is 2.63. The summed E-state index contributed by atoms with van der Waals surface area (Å²) in [6.07, 6.45) is 1.47. The summed E-state index contributed by atoms with van der Waals surface area (Å²) in [4.78, 5) is 1.07. The van der Waals surface area contributed by atoms with Gasteiger partial charge in [-0.3, -0.25) is 0 Å². The van der Waals surface area contributed by atoms with Gasteiger partial charge in [-0.2, -0.15) is 0 Å². The summed E-state index contributed by atoms with van der Waals surface area (Å²) >= 11 is 7.16. The molecule has 2 atom stereocenters. The Labute approximate surface area is 112 Å². The van der Waals surface area contributed by atoms with E-state index in [2.05, 4.69) is 4.72 Å². The van der Waals surface area contributed by atoms with Crippen LogP contribution >= 0.6 is 22.9 Å². The number of thiophene rings is 1. The first-order valence-electron chi connectivity index (χ1n) is 5.60. The van der Waals surface area contributed by atoms with Crippen molar-refractivity contribution in [2.45, 2.75) is 49.2 Å². The van der Waals surface area contributed by atoms with E-state index in [9.17, 15) is 8.42 Å². The van der Waals surface area contributed by atoms with E-state index in [1.165, 1.54) is 11.3 Å². The van der Waals surface area contributed by atoms with Crippen molar-refractivity contribution in [1.82, 2.24) is 4.72 Å². The third kappa shape index (κ3) is 4.58. The van der Waals surface area contributed by atoms with Gasteiger partial charge in [0.15, 0.2) is 0 Å². The number of aryl methyl sites for hydroxylation is 1. The molecule has 0 aliphatic carbocycles. The van der Waals surface area contributed by atoms with E-state index in [4.69, 9.17) is 11.6 Å². The second-order valence-electron chi connectivity index (χ2n) is 4.11. The summed E-state index contributed by atoms with van der Waals surface area (Å²) in [5.41, 5.74) is 0. The van der Waals surface area contributed by atoms with Crippen molar-refractivity contribution in [2.75, 3.05) is 0 Å². The van der Waals surface area contributed by atoms with E-state index in [0.717, 1.165) is 11.3 Å². The number of rotatable bonds is 6. The van der Waals surface area contributed by atoms with E-state index >= 15 is 0 Å². The lowest BCUT2D eigenvalue weighted by molar-refractivity contribution is 0.547. The Balaban J connectivity index is 2.74. The molecule has 98 valence electrons. The first-order valence-corrected chi connectivity index (χ1v) is 8.34. The second kappa shape index (κ2) is 6.18. The van der Waals surface area contributed by atoms with Gasteiger partial charge in [0.1, 0.15) is 4.21 Å². The van der Waals surface area contributed by atoms with Crippen LogP contribution in [0.4, 0.5) is 0 Å². The highest BCUT2D eigenvalue weighted by molar-refractivity contribution is 7.91. The van der Waals surface area contributed by atoms with E-state index in [1.807, 2.05) is 26.8 Å². The van der Waals surface area contributed by atoms with Crippen LogP contribution in [0.1, 0.15) is 32.1 Å². The summed E-state index contributed by atoms with van der Waals surface area (Å²) in [6, 6.07) is 3.36. The fraction of sp³-hybridized carbons (Fsp3) is 0.636. The number of nitrogens with one attached hydrogen (secondary N) is 1. The predicted molar refractivity (Wildman–Crippen MR) is 73.4 cm³/mol. The monoisotopic (exact) mass is 295 g/mol. The van der Waals surface area contributed by atoms with Gasteiger partial charge >= 0.3 is 0 Å². The SMILES string of the molecule is CCc1ccc(S(=O)(=O)NC(C)CC(C)Cl)s1. The molecule has 0 amide bonds. The lowest BCUT2D eigenvalue weighted by Crippen LogP contribution is -2.33. The summed E-state index contributed by atoms with van der Waals surface area (Å²) in [6.45, 7) is 5.69. The minimum absolute atomic E-state index is 0.0396. The molecule has 0 fully saturated rings. The zero-order valence-electron chi connectivity index (χ0n) is 10.2. The van der Waals surface area contributed by atoms with E-state index in [0.29, 0.717) is 10.6 Å². The minimum atomic E-state index is -3.38. The van der Waals surface area contributed by atoms with Crippen LogP contribution < -0.4 is 4.72 Å². The fourth-order valence-electron chi connectivity index (χ4n) is 1.55.